The third-order valence-corrected chi connectivity index (χ3v) is 5.20. The van der Waals surface area contributed by atoms with E-state index in [1.807, 2.05) is 32.4 Å². The Hall–Kier alpha value is -3.55. The molecule has 146 valence electrons. The Bertz CT molecular complexity index is 1370. The molecule has 0 bridgehead atoms. The predicted molar refractivity (Wildman–Crippen MR) is 110 cm³/mol. The first kappa shape index (κ1) is 17.5. The largest absolute Gasteiger partial charge is 0.345 e. The molecule has 4 heterocycles. The Morgan fingerprint density at radius 1 is 1.14 bits per heavy atom. The van der Waals surface area contributed by atoms with Crippen molar-refractivity contribution in [3.05, 3.63) is 48.7 Å². The van der Waals surface area contributed by atoms with Crippen LogP contribution in [0.3, 0.4) is 0 Å². The van der Waals surface area contributed by atoms with Gasteiger partial charge in [0.25, 0.3) is 0 Å². The number of rotatable bonds is 3. The molecule has 0 saturated heterocycles. The van der Waals surface area contributed by atoms with Gasteiger partial charge in [-0.25, -0.2) is 19.3 Å². The normalized spacial score (nSPS) is 11.9. The molecule has 0 spiro atoms. The molecule has 0 unspecified atom stereocenters. The van der Waals surface area contributed by atoms with Gasteiger partial charge in [-0.2, -0.15) is 5.10 Å². The maximum Gasteiger partial charge on any atom is 0.151 e. The van der Waals surface area contributed by atoms with Crippen molar-refractivity contribution in [2.24, 2.45) is 7.05 Å². The Balaban J connectivity index is 1.80. The number of aromatic nitrogens is 7. The van der Waals surface area contributed by atoms with Gasteiger partial charge in [0, 0.05) is 36.6 Å². The zero-order chi connectivity index (χ0) is 20.3. The topological polar surface area (TPSA) is 77.2 Å². The first-order chi connectivity index (χ1) is 13.9. The Kier molecular flexibility index (Phi) is 3.77. The standard InChI is InChI=1S/C21H20FN7/c1-11(2)29-12(3)27-20-16(22)5-13(6-17(20)29)15-8-23-21-18(15)19(24-10-25-21)14-7-26-28(4)9-14/h5-11H,1-4H3,(H,23,24,25). The van der Waals surface area contributed by atoms with E-state index in [0.29, 0.717) is 11.2 Å². The molecule has 5 aromatic rings. The zero-order valence-corrected chi connectivity index (χ0v) is 16.6. The molecule has 29 heavy (non-hydrogen) atoms. The second-order valence-electron chi connectivity index (χ2n) is 7.50. The fourth-order valence-corrected chi connectivity index (χ4v) is 4.03. The molecule has 4 aromatic heterocycles. The minimum atomic E-state index is -0.339. The van der Waals surface area contributed by atoms with E-state index in [0.717, 1.165) is 39.1 Å². The van der Waals surface area contributed by atoms with Crippen LogP contribution in [0.1, 0.15) is 25.7 Å². The highest BCUT2D eigenvalue weighted by Gasteiger charge is 2.19. The van der Waals surface area contributed by atoms with Gasteiger partial charge in [-0.05, 0) is 38.5 Å². The van der Waals surface area contributed by atoms with Gasteiger partial charge in [-0.15, -0.1) is 0 Å². The molecule has 0 atom stereocenters. The second-order valence-corrected chi connectivity index (χ2v) is 7.50. The van der Waals surface area contributed by atoms with Crippen LogP contribution in [0.4, 0.5) is 4.39 Å². The van der Waals surface area contributed by atoms with E-state index in [9.17, 15) is 4.39 Å². The third kappa shape index (κ3) is 2.63. The van der Waals surface area contributed by atoms with Crippen molar-refractivity contribution >= 4 is 22.1 Å². The van der Waals surface area contributed by atoms with Crippen molar-refractivity contribution in [1.82, 2.24) is 34.3 Å². The molecule has 0 fully saturated rings. The number of aromatic amines is 1. The van der Waals surface area contributed by atoms with E-state index >= 15 is 0 Å². The van der Waals surface area contributed by atoms with E-state index in [2.05, 4.69) is 43.4 Å². The fourth-order valence-electron chi connectivity index (χ4n) is 4.03. The molecule has 0 radical (unpaired) electrons. The lowest BCUT2D eigenvalue weighted by molar-refractivity contribution is 0.600. The summed E-state index contributed by atoms with van der Waals surface area (Å²) < 4.78 is 18.8. The summed E-state index contributed by atoms with van der Waals surface area (Å²) in [7, 11) is 1.86. The van der Waals surface area contributed by atoms with E-state index < -0.39 is 0 Å². The number of nitrogens with one attached hydrogen (secondary N) is 1. The lowest BCUT2D eigenvalue weighted by Gasteiger charge is -2.11. The maximum absolute atomic E-state index is 15.0. The quantitative estimate of drug-likeness (QED) is 0.496. The average Bonchev–Trinajstić information content (AvgIpc) is 3.37. The van der Waals surface area contributed by atoms with Crippen LogP contribution < -0.4 is 0 Å². The summed E-state index contributed by atoms with van der Waals surface area (Å²) in [6.45, 7) is 6.04. The van der Waals surface area contributed by atoms with Gasteiger partial charge < -0.3 is 9.55 Å². The highest BCUT2D eigenvalue weighted by molar-refractivity contribution is 6.03. The number of fused-ring (bicyclic) bond motifs is 2. The summed E-state index contributed by atoms with van der Waals surface area (Å²) in [4.78, 5) is 16.5. The van der Waals surface area contributed by atoms with E-state index in [1.54, 1.807) is 10.9 Å². The molecule has 1 aromatic carbocycles. The van der Waals surface area contributed by atoms with Crippen molar-refractivity contribution in [2.45, 2.75) is 26.8 Å². The number of hydrogen-bond donors (Lipinski definition) is 1. The zero-order valence-electron chi connectivity index (χ0n) is 16.6. The SMILES string of the molecule is Cc1nc2c(F)cc(-c3c[nH]c4ncnc(-c5cnn(C)c5)c34)cc2n1C(C)C. The van der Waals surface area contributed by atoms with Gasteiger partial charge in [0.2, 0.25) is 0 Å². The van der Waals surface area contributed by atoms with Crippen molar-refractivity contribution in [3.63, 3.8) is 0 Å². The van der Waals surface area contributed by atoms with Crippen molar-refractivity contribution in [2.75, 3.05) is 0 Å². The minimum absolute atomic E-state index is 0.173. The van der Waals surface area contributed by atoms with Crippen LogP contribution in [-0.2, 0) is 7.05 Å². The minimum Gasteiger partial charge on any atom is -0.345 e. The fraction of sp³-hybridized carbons (Fsp3) is 0.238. The van der Waals surface area contributed by atoms with Crippen LogP contribution >= 0.6 is 0 Å². The lowest BCUT2D eigenvalue weighted by atomic mass is 10.0. The summed E-state index contributed by atoms with van der Waals surface area (Å²) >= 11 is 0. The van der Waals surface area contributed by atoms with Crippen LogP contribution in [0, 0.1) is 12.7 Å². The van der Waals surface area contributed by atoms with Crippen LogP contribution in [0.2, 0.25) is 0 Å². The van der Waals surface area contributed by atoms with Crippen molar-refractivity contribution in [3.8, 4) is 22.4 Å². The number of aryl methyl sites for hydroxylation is 2. The smallest absolute Gasteiger partial charge is 0.151 e. The van der Waals surface area contributed by atoms with Gasteiger partial charge in [0.15, 0.2) is 5.82 Å². The summed E-state index contributed by atoms with van der Waals surface area (Å²) in [6.07, 6.45) is 7.04. The lowest BCUT2D eigenvalue weighted by Crippen LogP contribution is -2.02. The van der Waals surface area contributed by atoms with E-state index in [4.69, 9.17) is 0 Å². The molecule has 5 rings (SSSR count). The Labute approximate surface area is 166 Å². The highest BCUT2D eigenvalue weighted by Crippen LogP contribution is 2.36. The average molecular weight is 389 g/mol. The molecular weight excluding hydrogens is 369 g/mol. The molecule has 0 amide bonds. The number of nitrogens with zero attached hydrogens (tertiary/aromatic N) is 6. The number of halogens is 1. The first-order valence-electron chi connectivity index (χ1n) is 9.43. The number of H-pyrrole nitrogens is 1. The van der Waals surface area contributed by atoms with Crippen LogP contribution in [-0.4, -0.2) is 34.3 Å². The van der Waals surface area contributed by atoms with Gasteiger partial charge >= 0.3 is 0 Å². The molecule has 1 N–H and O–H groups in total. The highest BCUT2D eigenvalue weighted by atomic mass is 19.1. The Morgan fingerprint density at radius 2 is 1.97 bits per heavy atom. The number of hydrogen-bond acceptors (Lipinski definition) is 4. The van der Waals surface area contributed by atoms with Crippen LogP contribution in [0.5, 0.6) is 0 Å². The molecule has 0 aliphatic carbocycles. The maximum atomic E-state index is 15.0. The summed E-state index contributed by atoms with van der Waals surface area (Å²) in [5, 5.41) is 5.09. The van der Waals surface area contributed by atoms with E-state index in [1.165, 1.54) is 12.4 Å². The Morgan fingerprint density at radius 3 is 2.69 bits per heavy atom. The predicted octanol–water partition coefficient (Wildman–Crippen LogP) is 4.40. The summed E-state index contributed by atoms with van der Waals surface area (Å²) in [5.74, 6) is 0.457. The molecule has 0 aliphatic heterocycles. The number of imidazole rings is 1. The molecule has 8 heteroatoms. The summed E-state index contributed by atoms with van der Waals surface area (Å²) in [6, 6.07) is 3.69. The van der Waals surface area contributed by atoms with E-state index in [-0.39, 0.29) is 11.9 Å². The van der Waals surface area contributed by atoms with Crippen molar-refractivity contribution < 1.29 is 4.39 Å². The van der Waals surface area contributed by atoms with Crippen LogP contribution in [0.25, 0.3) is 44.5 Å². The summed E-state index contributed by atoms with van der Waals surface area (Å²) in [5.41, 5.74) is 5.10. The molecule has 0 saturated carbocycles. The van der Waals surface area contributed by atoms with Gasteiger partial charge in [-0.3, -0.25) is 4.68 Å². The molecule has 7 nitrogen and oxygen atoms in total. The third-order valence-electron chi connectivity index (χ3n) is 5.20. The molecule has 0 aliphatic rings. The van der Waals surface area contributed by atoms with Crippen LogP contribution in [0.15, 0.2) is 37.1 Å². The second kappa shape index (κ2) is 6.23. The van der Waals surface area contributed by atoms with Gasteiger partial charge in [0.1, 0.15) is 23.3 Å². The van der Waals surface area contributed by atoms with Gasteiger partial charge in [-0.1, -0.05) is 0 Å². The van der Waals surface area contributed by atoms with Crippen molar-refractivity contribution in [1.29, 1.82) is 0 Å². The monoisotopic (exact) mass is 389 g/mol. The van der Waals surface area contributed by atoms with Gasteiger partial charge in [0.05, 0.1) is 22.8 Å². The first-order valence-corrected chi connectivity index (χ1v) is 9.43. The number of benzene rings is 1. The molecular formula is C21H20FN7.